The molecule has 2 N–H and O–H groups in total. The fourth-order valence-electron chi connectivity index (χ4n) is 1.91. The minimum atomic E-state index is -5.01. The van der Waals surface area contributed by atoms with Gasteiger partial charge in [0, 0.05) is 18.1 Å². The van der Waals surface area contributed by atoms with E-state index in [1.54, 1.807) is 36.7 Å². The number of anilines is 1. The van der Waals surface area contributed by atoms with Gasteiger partial charge in [-0.1, -0.05) is 12.1 Å². The van der Waals surface area contributed by atoms with Gasteiger partial charge in [-0.05, 0) is 41.8 Å². The number of hydrogen-bond acceptors (Lipinski definition) is 3. The summed E-state index contributed by atoms with van der Waals surface area (Å²) in [6.45, 7) is -0.753. The molecule has 0 aliphatic heterocycles. The predicted molar refractivity (Wildman–Crippen MR) is 81.2 cm³/mol. The molecular weight excluding hydrogens is 323 g/mol. The van der Waals surface area contributed by atoms with E-state index in [0.717, 1.165) is 11.1 Å². The maximum absolute atomic E-state index is 12.0. The molecule has 0 atom stereocenters. The van der Waals surface area contributed by atoms with Crippen LogP contribution in [0.5, 0.6) is 0 Å². The van der Waals surface area contributed by atoms with E-state index in [2.05, 4.69) is 10.3 Å². The highest BCUT2D eigenvalue weighted by Crippen LogP contribution is 2.14. The fourth-order valence-corrected chi connectivity index (χ4v) is 1.91. The topological polar surface area (TPSA) is 71.1 Å². The van der Waals surface area contributed by atoms with E-state index in [4.69, 9.17) is 0 Å². The summed E-state index contributed by atoms with van der Waals surface area (Å²) in [5.41, 5.74) is 2.51. The van der Waals surface area contributed by atoms with E-state index in [9.17, 15) is 22.8 Å². The van der Waals surface area contributed by atoms with Crippen molar-refractivity contribution in [3.63, 3.8) is 0 Å². The van der Waals surface area contributed by atoms with E-state index >= 15 is 0 Å². The third kappa shape index (κ3) is 5.38. The summed E-state index contributed by atoms with van der Waals surface area (Å²) in [4.78, 5) is 26.1. The standard InChI is InChI=1S/C16H14F3N3O2/c17-16(18,19)15(24)21-10-14(23)22-13-3-1-11(2-4-13)9-12-5-7-20-8-6-12/h1-8H,9-10H2,(H,21,24)(H,22,23). The molecule has 2 amide bonds. The molecule has 0 bridgehead atoms. The highest BCUT2D eigenvalue weighted by molar-refractivity contribution is 5.95. The maximum atomic E-state index is 12.0. The number of hydrogen-bond donors (Lipinski definition) is 2. The third-order valence-corrected chi connectivity index (χ3v) is 3.06. The van der Waals surface area contributed by atoms with Crippen LogP contribution in [0.1, 0.15) is 11.1 Å². The quantitative estimate of drug-likeness (QED) is 0.879. The Hall–Kier alpha value is -2.90. The van der Waals surface area contributed by atoms with Gasteiger partial charge in [0.15, 0.2) is 0 Å². The van der Waals surface area contributed by atoms with E-state index in [1.807, 2.05) is 12.1 Å². The number of carbonyl (C=O) groups excluding carboxylic acids is 2. The molecule has 2 rings (SSSR count). The van der Waals surface area contributed by atoms with Gasteiger partial charge in [0.25, 0.3) is 0 Å². The van der Waals surface area contributed by atoms with Crippen LogP contribution in [0, 0.1) is 0 Å². The Bertz CT molecular complexity index is 701. The summed E-state index contributed by atoms with van der Waals surface area (Å²) in [6, 6.07) is 10.6. The Kier molecular flexibility index (Phi) is 5.51. The van der Waals surface area contributed by atoms with E-state index in [1.165, 1.54) is 5.32 Å². The van der Waals surface area contributed by atoms with Gasteiger partial charge in [0.2, 0.25) is 5.91 Å². The molecule has 126 valence electrons. The summed E-state index contributed by atoms with van der Waals surface area (Å²) in [5, 5.41) is 3.91. The third-order valence-electron chi connectivity index (χ3n) is 3.06. The largest absolute Gasteiger partial charge is 0.471 e. The normalized spacial score (nSPS) is 11.0. The highest BCUT2D eigenvalue weighted by atomic mass is 19.4. The number of nitrogens with one attached hydrogen (secondary N) is 2. The lowest BCUT2D eigenvalue weighted by atomic mass is 10.1. The van der Waals surface area contributed by atoms with Gasteiger partial charge in [-0.3, -0.25) is 14.6 Å². The monoisotopic (exact) mass is 337 g/mol. The van der Waals surface area contributed by atoms with Crippen LogP contribution in [0.2, 0.25) is 0 Å². The zero-order valence-corrected chi connectivity index (χ0v) is 12.4. The molecular formula is C16H14F3N3O2. The van der Waals surface area contributed by atoms with E-state index < -0.39 is 24.5 Å². The van der Waals surface area contributed by atoms with Gasteiger partial charge in [-0.15, -0.1) is 0 Å². The number of benzene rings is 1. The minimum Gasteiger partial charge on any atom is -0.339 e. The number of rotatable bonds is 5. The van der Waals surface area contributed by atoms with Crippen LogP contribution in [0.3, 0.4) is 0 Å². The van der Waals surface area contributed by atoms with Crippen LogP contribution < -0.4 is 10.6 Å². The van der Waals surface area contributed by atoms with Crippen molar-refractivity contribution in [2.75, 3.05) is 11.9 Å². The van der Waals surface area contributed by atoms with Crippen molar-refractivity contribution >= 4 is 17.5 Å². The number of nitrogens with zero attached hydrogens (tertiary/aromatic N) is 1. The van der Waals surface area contributed by atoms with Crippen molar-refractivity contribution < 1.29 is 22.8 Å². The Morgan fingerprint density at radius 1 is 0.958 bits per heavy atom. The van der Waals surface area contributed by atoms with Gasteiger partial charge >= 0.3 is 12.1 Å². The lowest BCUT2D eigenvalue weighted by Gasteiger charge is -2.09. The van der Waals surface area contributed by atoms with Crippen LogP contribution in [-0.4, -0.2) is 29.5 Å². The van der Waals surface area contributed by atoms with Crippen molar-refractivity contribution in [1.82, 2.24) is 10.3 Å². The second kappa shape index (κ2) is 7.58. The number of amides is 2. The highest BCUT2D eigenvalue weighted by Gasteiger charge is 2.38. The number of halogens is 3. The molecule has 24 heavy (non-hydrogen) atoms. The Balaban J connectivity index is 1.85. The molecule has 0 spiro atoms. The average Bonchev–Trinajstić information content (AvgIpc) is 2.54. The summed E-state index contributed by atoms with van der Waals surface area (Å²) in [6.07, 6.45) is -0.925. The molecule has 0 radical (unpaired) electrons. The lowest BCUT2D eigenvalue weighted by molar-refractivity contribution is -0.173. The molecule has 1 aromatic carbocycles. The van der Waals surface area contributed by atoms with E-state index in [0.29, 0.717) is 12.1 Å². The predicted octanol–water partition coefficient (Wildman–Crippen LogP) is 2.29. The van der Waals surface area contributed by atoms with Crippen molar-refractivity contribution in [3.8, 4) is 0 Å². The van der Waals surface area contributed by atoms with Crippen LogP contribution in [-0.2, 0) is 16.0 Å². The first-order valence-corrected chi connectivity index (χ1v) is 6.97. The van der Waals surface area contributed by atoms with Gasteiger partial charge in [-0.25, -0.2) is 0 Å². The first-order chi connectivity index (χ1) is 11.3. The van der Waals surface area contributed by atoms with Gasteiger partial charge in [0.1, 0.15) is 0 Å². The van der Waals surface area contributed by atoms with Gasteiger partial charge in [0.05, 0.1) is 6.54 Å². The molecule has 2 aromatic rings. The molecule has 0 aliphatic carbocycles. The van der Waals surface area contributed by atoms with Crippen molar-refractivity contribution in [2.45, 2.75) is 12.6 Å². The maximum Gasteiger partial charge on any atom is 0.471 e. The molecule has 0 unspecified atom stereocenters. The van der Waals surface area contributed by atoms with Crippen molar-refractivity contribution in [3.05, 3.63) is 59.9 Å². The van der Waals surface area contributed by atoms with Crippen molar-refractivity contribution in [2.24, 2.45) is 0 Å². The number of alkyl halides is 3. The molecule has 0 aliphatic rings. The SMILES string of the molecule is O=C(CNC(=O)C(F)(F)F)Nc1ccc(Cc2ccncc2)cc1. The molecule has 0 saturated carbocycles. The van der Waals surface area contributed by atoms with Gasteiger partial charge < -0.3 is 10.6 Å². The molecule has 0 saturated heterocycles. The summed E-state index contributed by atoms with van der Waals surface area (Å²) >= 11 is 0. The van der Waals surface area contributed by atoms with Crippen LogP contribution in [0.25, 0.3) is 0 Å². The first kappa shape index (κ1) is 17.5. The molecule has 8 heteroatoms. The van der Waals surface area contributed by atoms with E-state index in [-0.39, 0.29) is 0 Å². The smallest absolute Gasteiger partial charge is 0.339 e. The fraction of sp³-hybridized carbons (Fsp3) is 0.188. The molecule has 5 nitrogen and oxygen atoms in total. The average molecular weight is 337 g/mol. The van der Waals surface area contributed by atoms with Gasteiger partial charge in [-0.2, -0.15) is 13.2 Å². The zero-order chi connectivity index (χ0) is 17.6. The van der Waals surface area contributed by atoms with Crippen LogP contribution in [0.4, 0.5) is 18.9 Å². The molecule has 0 fully saturated rings. The Labute approximate surface area is 135 Å². The summed E-state index contributed by atoms with van der Waals surface area (Å²) in [5.74, 6) is -2.89. The molecule has 1 aromatic heterocycles. The number of carbonyl (C=O) groups is 2. The summed E-state index contributed by atoms with van der Waals surface area (Å²) in [7, 11) is 0. The minimum absolute atomic E-state index is 0.430. The molecule has 1 heterocycles. The number of aromatic nitrogens is 1. The first-order valence-electron chi connectivity index (χ1n) is 6.97. The second-order valence-corrected chi connectivity index (χ2v) is 4.96. The van der Waals surface area contributed by atoms with Crippen molar-refractivity contribution in [1.29, 1.82) is 0 Å². The summed E-state index contributed by atoms with van der Waals surface area (Å²) < 4.78 is 36.0. The Morgan fingerprint density at radius 3 is 2.12 bits per heavy atom. The number of pyridine rings is 1. The zero-order valence-electron chi connectivity index (χ0n) is 12.4. The Morgan fingerprint density at radius 2 is 1.54 bits per heavy atom. The van der Waals surface area contributed by atoms with Crippen LogP contribution >= 0.6 is 0 Å². The second-order valence-electron chi connectivity index (χ2n) is 4.96. The van der Waals surface area contributed by atoms with Crippen LogP contribution in [0.15, 0.2) is 48.8 Å². The lowest BCUT2D eigenvalue weighted by Crippen LogP contribution is -2.41.